The van der Waals surface area contributed by atoms with Crippen LogP contribution in [0.1, 0.15) is 27.9 Å². The molecule has 1 unspecified atom stereocenters. The highest BCUT2D eigenvalue weighted by molar-refractivity contribution is 14.1. The van der Waals surface area contributed by atoms with Crippen molar-refractivity contribution < 1.29 is 4.79 Å². The van der Waals surface area contributed by atoms with Gasteiger partial charge < -0.3 is 5.32 Å². The molecule has 0 bridgehead atoms. The highest BCUT2D eigenvalue weighted by Gasteiger charge is 2.18. The minimum absolute atomic E-state index is 0.0925. The lowest BCUT2D eigenvalue weighted by molar-refractivity contribution is -0.116. The first-order chi connectivity index (χ1) is 10.0. The van der Waals surface area contributed by atoms with Crippen LogP contribution in [-0.4, -0.2) is 5.91 Å². The number of rotatable bonds is 2. The lowest BCUT2D eigenvalue weighted by atomic mass is 9.97. The Bertz CT molecular complexity index is 719. The number of aryl methyl sites for hydroxylation is 1. The van der Waals surface area contributed by atoms with Crippen molar-refractivity contribution in [1.29, 1.82) is 0 Å². The molecule has 0 saturated heterocycles. The van der Waals surface area contributed by atoms with Crippen LogP contribution in [0.3, 0.4) is 0 Å². The molecule has 1 N–H and O–H groups in total. The van der Waals surface area contributed by atoms with E-state index in [1.54, 1.807) is 0 Å². The van der Waals surface area contributed by atoms with Crippen LogP contribution in [-0.2, 0) is 11.2 Å². The summed E-state index contributed by atoms with van der Waals surface area (Å²) >= 11 is 12.2. The van der Waals surface area contributed by atoms with Crippen molar-refractivity contribution in [2.45, 2.75) is 17.7 Å². The van der Waals surface area contributed by atoms with Crippen LogP contribution in [0.15, 0.2) is 36.4 Å². The van der Waals surface area contributed by atoms with Crippen LogP contribution < -0.4 is 5.32 Å². The van der Waals surface area contributed by atoms with E-state index in [0.29, 0.717) is 6.42 Å². The molecular formula is C16H12BrClINO. The molecule has 2 aromatic rings. The predicted octanol–water partition coefficient (Wildman–Crippen LogP) is 5.31. The van der Waals surface area contributed by atoms with Gasteiger partial charge in [-0.15, -0.1) is 0 Å². The second kappa shape index (κ2) is 6.26. The summed E-state index contributed by atoms with van der Waals surface area (Å²) in [7, 11) is 0. The second-order valence-corrected chi connectivity index (χ2v) is 7.49. The standard InChI is InChI=1S/C16H12BrClINO/c17-16(11-1-4-13(19)12(18)8-11)10-2-5-14-9(7-10)3-6-15(21)20-14/h1-2,4-5,7-8,16H,3,6H2,(H,20,21). The number of carbonyl (C=O) groups is 1. The van der Waals surface area contributed by atoms with Crippen molar-refractivity contribution in [2.75, 3.05) is 5.32 Å². The first kappa shape index (κ1) is 15.3. The molecule has 0 spiro atoms. The Morgan fingerprint density at radius 2 is 1.86 bits per heavy atom. The molecule has 0 aromatic heterocycles. The van der Waals surface area contributed by atoms with Gasteiger partial charge in [0.2, 0.25) is 5.91 Å². The molecule has 1 aliphatic heterocycles. The number of hydrogen-bond acceptors (Lipinski definition) is 1. The van der Waals surface area contributed by atoms with Crippen LogP contribution in [0.25, 0.3) is 0 Å². The van der Waals surface area contributed by atoms with Gasteiger partial charge in [0.15, 0.2) is 0 Å². The number of carbonyl (C=O) groups excluding carboxylic acids is 1. The van der Waals surface area contributed by atoms with Gasteiger partial charge >= 0.3 is 0 Å². The lowest BCUT2D eigenvalue weighted by Gasteiger charge is -2.19. The van der Waals surface area contributed by atoms with E-state index in [2.05, 4.69) is 56.0 Å². The fraction of sp³-hybridized carbons (Fsp3) is 0.188. The molecule has 108 valence electrons. The summed E-state index contributed by atoms with van der Waals surface area (Å²) in [6, 6.07) is 12.3. The maximum Gasteiger partial charge on any atom is 0.224 e. The Morgan fingerprint density at radius 3 is 2.62 bits per heavy atom. The van der Waals surface area contributed by atoms with Gasteiger partial charge in [0.05, 0.1) is 9.85 Å². The molecule has 5 heteroatoms. The van der Waals surface area contributed by atoms with E-state index < -0.39 is 0 Å². The third-order valence-electron chi connectivity index (χ3n) is 3.55. The Kier molecular flexibility index (Phi) is 4.57. The van der Waals surface area contributed by atoms with Gasteiger partial charge in [-0.25, -0.2) is 0 Å². The number of benzene rings is 2. The van der Waals surface area contributed by atoms with Crippen molar-refractivity contribution in [3.05, 3.63) is 61.7 Å². The van der Waals surface area contributed by atoms with E-state index in [0.717, 1.165) is 26.3 Å². The number of alkyl halides is 1. The lowest BCUT2D eigenvalue weighted by Crippen LogP contribution is -2.19. The van der Waals surface area contributed by atoms with Gasteiger partial charge in [-0.2, -0.15) is 0 Å². The SMILES string of the molecule is O=C1CCc2cc(C(Br)c3ccc(I)c(Cl)c3)ccc2N1. The Labute approximate surface area is 150 Å². The number of amides is 1. The van der Waals surface area contributed by atoms with Gasteiger partial charge in [0, 0.05) is 15.7 Å². The Morgan fingerprint density at radius 1 is 1.14 bits per heavy atom. The van der Waals surface area contributed by atoms with Crippen molar-refractivity contribution in [3.63, 3.8) is 0 Å². The van der Waals surface area contributed by atoms with E-state index in [1.165, 1.54) is 11.1 Å². The molecular weight excluding hydrogens is 464 g/mol. The molecule has 2 nitrogen and oxygen atoms in total. The largest absolute Gasteiger partial charge is 0.326 e. The monoisotopic (exact) mass is 475 g/mol. The number of anilines is 1. The summed E-state index contributed by atoms with van der Waals surface area (Å²) in [5, 5.41) is 3.67. The number of hydrogen-bond donors (Lipinski definition) is 1. The van der Waals surface area contributed by atoms with Crippen molar-refractivity contribution in [1.82, 2.24) is 0 Å². The van der Waals surface area contributed by atoms with Crippen molar-refractivity contribution in [3.8, 4) is 0 Å². The van der Waals surface area contributed by atoms with E-state index in [9.17, 15) is 4.79 Å². The van der Waals surface area contributed by atoms with Crippen molar-refractivity contribution in [2.24, 2.45) is 0 Å². The molecule has 0 radical (unpaired) electrons. The van der Waals surface area contributed by atoms with Gasteiger partial charge in [-0.05, 0) is 63.9 Å². The molecule has 1 heterocycles. The zero-order valence-electron chi connectivity index (χ0n) is 11.0. The smallest absolute Gasteiger partial charge is 0.224 e. The van der Waals surface area contributed by atoms with Crippen LogP contribution >= 0.6 is 50.1 Å². The van der Waals surface area contributed by atoms with Crippen LogP contribution in [0.2, 0.25) is 5.02 Å². The highest BCUT2D eigenvalue weighted by Crippen LogP contribution is 2.35. The van der Waals surface area contributed by atoms with Crippen molar-refractivity contribution >= 4 is 61.7 Å². The Hall–Kier alpha value is -0.590. The number of halogens is 3. The maximum absolute atomic E-state index is 11.4. The summed E-state index contributed by atoms with van der Waals surface area (Å²) in [5.41, 5.74) is 4.41. The zero-order chi connectivity index (χ0) is 15.0. The van der Waals surface area contributed by atoms with Gasteiger partial charge in [-0.3, -0.25) is 4.79 Å². The summed E-state index contributed by atoms with van der Waals surface area (Å²) in [4.78, 5) is 11.5. The zero-order valence-corrected chi connectivity index (χ0v) is 15.5. The predicted molar refractivity (Wildman–Crippen MR) is 98.3 cm³/mol. The van der Waals surface area contributed by atoms with E-state index >= 15 is 0 Å². The van der Waals surface area contributed by atoms with Gasteiger partial charge in [-0.1, -0.05) is 45.7 Å². The van der Waals surface area contributed by atoms with E-state index in [-0.39, 0.29) is 10.7 Å². The first-order valence-corrected chi connectivity index (χ1v) is 8.93. The topological polar surface area (TPSA) is 29.1 Å². The molecule has 0 aliphatic carbocycles. The summed E-state index contributed by atoms with van der Waals surface area (Å²) in [6.07, 6.45) is 1.35. The molecule has 3 rings (SSSR count). The minimum atomic E-state index is 0.0925. The fourth-order valence-electron chi connectivity index (χ4n) is 2.42. The molecule has 1 amide bonds. The number of nitrogens with one attached hydrogen (secondary N) is 1. The average Bonchev–Trinajstić information content (AvgIpc) is 2.49. The summed E-state index contributed by atoms with van der Waals surface area (Å²) in [5.74, 6) is 0.0926. The minimum Gasteiger partial charge on any atom is -0.326 e. The van der Waals surface area contributed by atoms with E-state index in [1.807, 2.05) is 24.3 Å². The fourth-order valence-corrected chi connectivity index (χ4v) is 3.52. The summed E-state index contributed by atoms with van der Waals surface area (Å²) in [6.45, 7) is 0. The second-order valence-electron chi connectivity index (χ2n) is 5.00. The third-order valence-corrected chi connectivity index (χ3v) is 6.18. The molecule has 0 saturated carbocycles. The Balaban J connectivity index is 1.93. The molecule has 0 fully saturated rings. The van der Waals surface area contributed by atoms with Crippen LogP contribution in [0.5, 0.6) is 0 Å². The quantitative estimate of drug-likeness (QED) is 0.462. The molecule has 21 heavy (non-hydrogen) atoms. The molecule has 1 atom stereocenters. The van der Waals surface area contributed by atoms with Gasteiger partial charge in [0.1, 0.15) is 0 Å². The third kappa shape index (κ3) is 3.27. The number of fused-ring (bicyclic) bond motifs is 1. The summed E-state index contributed by atoms with van der Waals surface area (Å²) < 4.78 is 1.05. The maximum atomic E-state index is 11.4. The van der Waals surface area contributed by atoms with Crippen LogP contribution in [0, 0.1) is 3.57 Å². The normalized spacial score (nSPS) is 15.3. The van der Waals surface area contributed by atoms with E-state index in [4.69, 9.17) is 11.6 Å². The highest BCUT2D eigenvalue weighted by atomic mass is 127. The average molecular weight is 477 g/mol. The molecule has 1 aliphatic rings. The van der Waals surface area contributed by atoms with Gasteiger partial charge in [0.25, 0.3) is 0 Å². The van der Waals surface area contributed by atoms with Crippen LogP contribution in [0.4, 0.5) is 5.69 Å². The first-order valence-electron chi connectivity index (χ1n) is 6.56. The molecule has 2 aromatic carbocycles.